The number of aliphatic hydroxyl groups is 1. The first-order valence-electron chi connectivity index (χ1n) is 5.58. The van der Waals surface area contributed by atoms with Gasteiger partial charge in [-0.3, -0.25) is 0 Å². The van der Waals surface area contributed by atoms with Crippen LogP contribution in [0.5, 0.6) is 11.5 Å². The number of aliphatic hydroxyl groups excluding tert-OH is 1. The molecule has 0 heterocycles. The van der Waals surface area contributed by atoms with Gasteiger partial charge < -0.3 is 14.6 Å². The smallest absolute Gasteiger partial charge is 0.161 e. The molecular formula is C13H18O3. The highest BCUT2D eigenvalue weighted by Gasteiger charge is 2.32. The SMILES string of the molecule is COc1cc(C)c(C(O)C2CC2)cc1OC. The third-order valence-electron chi connectivity index (χ3n) is 3.16. The summed E-state index contributed by atoms with van der Waals surface area (Å²) in [5.74, 6) is 1.83. The lowest BCUT2D eigenvalue weighted by molar-refractivity contribution is 0.152. The average molecular weight is 222 g/mol. The van der Waals surface area contributed by atoms with Gasteiger partial charge in [0.25, 0.3) is 0 Å². The van der Waals surface area contributed by atoms with Gasteiger partial charge in [-0.25, -0.2) is 0 Å². The minimum absolute atomic E-state index is 0.361. The molecule has 0 spiro atoms. The van der Waals surface area contributed by atoms with E-state index >= 15 is 0 Å². The van der Waals surface area contributed by atoms with Crippen molar-refractivity contribution in [3.8, 4) is 11.5 Å². The van der Waals surface area contributed by atoms with Gasteiger partial charge in [0.15, 0.2) is 11.5 Å². The van der Waals surface area contributed by atoms with Crippen molar-refractivity contribution in [2.24, 2.45) is 5.92 Å². The number of hydrogen-bond donors (Lipinski definition) is 1. The van der Waals surface area contributed by atoms with Crippen LogP contribution in [0.3, 0.4) is 0 Å². The van der Waals surface area contributed by atoms with Gasteiger partial charge in [-0.1, -0.05) is 0 Å². The molecular weight excluding hydrogens is 204 g/mol. The highest BCUT2D eigenvalue weighted by Crippen LogP contribution is 2.43. The van der Waals surface area contributed by atoms with Crippen molar-refractivity contribution in [1.82, 2.24) is 0 Å². The van der Waals surface area contributed by atoms with E-state index in [-0.39, 0.29) is 6.10 Å². The summed E-state index contributed by atoms with van der Waals surface area (Å²) in [5, 5.41) is 10.1. The molecule has 1 N–H and O–H groups in total. The Labute approximate surface area is 96.0 Å². The number of hydrogen-bond acceptors (Lipinski definition) is 3. The van der Waals surface area contributed by atoms with E-state index in [2.05, 4.69) is 0 Å². The van der Waals surface area contributed by atoms with Gasteiger partial charge in [-0.15, -0.1) is 0 Å². The highest BCUT2D eigenvalue weighted by molar-refractivity contribution is 5.48. The molecule has 1 aromatic rings. The summed E-state index contributed by atoms with van der Waals surface area (Å²) in [5.41, 5.74) is 2.01. The maximum Gasteiger partial charge on any atom is 0.161 e. The van der Waals surface area contributed by atoms with E-state index < -0.39 is 0 Å². The number of ether oxygens (including phenoxy) is 2. The van der Waals surface area contributed by atoms with Gasteiger partial charge in [0, 0.05) is 0 Å². The normalized spacial score (nSPS) is 17.0. The molecule has 1 fully saturated rings. The van der Waals surface area contributed by atoms with Gasteiger partial charge in [0.2, 0.25) is 0 Å². The second-order valence-electron chi connectivity index (χ2n) is 4.35. The summed E-state index contributed by atoms with van der Waals surface area (Å²) in [4.78, 5) is 0. The molecule has 1 aliphatic carbocycles. The molecule has 1 atom stereocenters. The third kappa shape index (κ3) is 2.00. The van der Waals surface area contributed by atoms with E-state index in [1.807, 2.05) is 19.1 Å². The van der Waals surface area contributed by atoms with Crippen LogP contribution in [0.1, 0.15) is 30.1 Å². The van der Waals surface area contributed by atoms with E-state index in [4.69, 9.17) is 9.47 Å². The highest BCUT2D eigenvalue weighted by atomic mass is 16.5. The molecule has 0 radical (unpaired) electrons. The van der Waals surface area contributed by atoms with Gasteiger partial charge in [0.05, 0.1) is 20.3 Å². The zero-order chi connectivity index (χ0) is 11.7. The standard InChI is InChI=1S/C13H18O3/c1-8-6-11(15-2)12(16-3)7-10(8)13(14)9-4-5-9/h6-7,9,13-14H,4-5H2,1-3H3. The fourth-order valence-electron chi connectivity index (χ4n) is 1.98. The lowest BCUT2D eigenvalue weighted by Gasteiger charge is -2.16. The Morgan fingerprint density at radius 2 is 1.75 bits per heavy atom. The second kappa shape index (κ2) is 4.34. The molecule has 2 rings (SSSR count). The minimum Gasteiger partial charge on any atom is -0.493 e. The molecule has 3 nitrogen and oxygen atoms in total. The topological polar surface area (TPSA) is 38.7 Å². The molecule has 16 heavy (non-hydrogen) atoms. The molecule has 3 heteroatoms. The first-order valence-corrected chi connectivity index (χ1v) is 5.58. The summed E-state index contributed by atoms with van der Waals surface area (Å²) in [7, 11) is 3.23. The molecule has 1 unspecified atom stereocenters. The maximum atomic E-state index is 10.1. The van der Waals surface area contributed by atoms with Gasteiger partial charge in [-0.2, -0.15) is 0 Å². The molecule has 0 bridgehead atoms. The molecule has 0 amide bonds. The summed E-state index contributed by atoms with van der Waals surface area (Å²) < 4.78 is 10.5. The van der Waals surface area contributed by atoms with Crippen molar-refractivity contribution in [3.05, 3.63) is 23.3 Å². The van der Waals surface area contributed by atoms with Crippen molar-refractivity contribution in [2.45, 2.75) is 25.9 Å². The Balaban J connectivity index is 2.37. The van der Waals surface area contributed by atoms with Crippen LogP contribution >= 0.6 is 0 Å². The molecule has 0 aliphatic heterocycles. The average Bonchev–Trinajstić information content (AvgIpc) is 3.11. The quantitative estimate of drug-likeness (QED) is 0.850. The summed E-state index contributed by atoms with van der Waals surface area (Å²) in [6.07, 6.45) is 1.88. The van der Waals surface area contributed by atoms with Crippen LogP contribution in [0.2, 0.25) is 0 Å². The van der Waals surface area contributed by atoms with Crippen LogP contribution in [0.25, 0.3) is 0 Å². The molecule has 0 saturated heterocycles. The fourth-order valence-corrected chi connectivity index (χ4v) is 1.98. The Hall–Kier alpha value is -1.22. The fraction of sp³-hybridized carbons (Fsp3) is 0.538. The van der Waals surface area contributed by atoms with Crippen molar-refractivity contribution < 1.29 is 14.6 Å². The summed E-state index contributed by atoms with van der Waals surface area (Å²) >= 11 is 0. The largest absolute Gasteiger partial charge is 0.493 e. The summed E-state index contributed by atoms with van der Waals surface area (Å²) in [6.45, 7) is 1.99. The van der Waals surface area contributed by atoms with Crippen molar-refractivity contribution >= 4 is 0 Å². The van der Waals surface area contributed by atoms with Crippen molar-refractivity contribution in [2.75, 3.05) is 14.2 Å². The van der Waals surface area contributed by atoms with Crippen molar-refractivity contribution in [3.63, 3.8) is 0 Å². The van der Waals surface area contributed by atoms with Gasteiger partial charge >= 0.3 is 0 Å². The minimum atomic E-state index is -0.361. The van der Waals surface area contributed by atoms with Crippen LogP contribution in [0.15, 0.2) is 12.1 Å². The monoisotopic (exact) mass is 222 g/mol. The molecule has 1 aliphatic rings. The zero-order valence-corrected chi connectivity index (χ0v) is 9.99. The van der Waals surface area contributed by atoms with Gasteiger partial charge in [-0.05, 0) is 48.9 Å². The lowest BCUT2D eigenvalue weighted by atomic mass is 9.99. The number of aryl methyl sites for hydroxylation is 1. The molecule has 1 saturated carbocycles. The van der Waals surface area contributed by atoms with Crippen molar-refractivity contribution in [1.29, 1.82) is 0 Å². The number of rotatable bonds is 4. The van der Waals surface area contributed by atoms with Crippen LogP contribution < -0.4 is 9.47 Å². The Morgan fingerprint density at radius 1 is 1.19 bits per heavy atom. The van der Waals surface area contributed by atoms with E-state index in [0.717, 1.165) is 24.0 Å². The molecule has 1 aromatic carbocycles. The van der Waals surface area contributed by atoms with Crippen LogP contribution in [-0.4, -0.2) is 19.3 Å². The van der Waals surface area contributed by atoms with Gasteiger partial charge in [0.1, 0.15) is 0 Å². The predicted molar refractivity (Wildman–Crippen MR) is 62.0 cm³/mol. The maximum absolute atomic E-state index is 10.1. The Bertz CT molecular complexity index is 383. The van der Waals surface area contributed by atoms with E-state index in [1.54, 1.807) is 14.2 Å². The van der Waals surface area contributed by atoms with Crippen LogP contribution in [0, 0.1) is 12.8 Å². The lowest BCUT2D eigenvalue weighted by Crippen LogP contribution is -2.03. The van der Waals surface area contributed by atoms with Crippen LogP contribution in [-0.2, 0) is 0 Å². The number of benzene rings is 1. The van der Waals surface area contributed by atoms with E-state index in [9.17, 15) is 5.11 Å². The summed E-state index contributed by atoms with van der Waals surface area (Å²) in [6, 6.07) is 3.80. The van der Waals surface area contributed by atoms with E-state index in [1.165, 1.54) is 0 Å². The number of methoxy groups -OCH3 is 2. The van der Waals surface area contributed by atoms with E-state index in [0.29, 0.717) is 17.4 Å². The second-order valence-corrected chi connectivity index (χ2v) is 4.35. The van der Waals surface area contributed by atoms with Crippen LogP contribution in [0.4, 0.5) is 0 Å². The molecule has 88 valence electrons. The third-order valence-corrected chi connectivity index (χ3v) is 3.16. The Kier molecular flexibility index (Phi) is 3.06. The Morgan fingerprint density at radius 3 is 2.25 bits per heavy atom. The first-order chi connectivity index (χ1) is 7.67. The zero-order valence-electron chi connectivity index (χ0n) is 9.99. The first kappa shape index (κ1) is 11.3. The molecule has 0 aromatic heterocycles. The predicted octanol–water partition coefficient (Wildman–Crippen LogP) is 2.46.